The van der Waals surface area contributed by atoms with Crippen LogP contribution in [0.4, 0.5) is 10.5 Å². The molecule has 31 heavy (non-hydrogen) atoms. The maximum absolute atomic E-state index is 13.6. The lowest BCUT2D eigenvalue weighted by Gasteiger charge is -2.40. The summed E-state index contributed by atoms with van der Waals surface area (Å²) in [5.41, 5.74) is 3.61. The Labute approximate surface area is 186 Å². The van der Waals surface area contributed by atoms with Crippen LogP contribution in [0.25, 0.3) is 0 Å². The molecular weight excluding hydrogens is 390 g/mol. The van der Waals surface area contributed by atoms with Crippen LogP contribution in [-0.2, 0) is 17.6 Å². The number of nitrogens with zero attached hydrogens (tertiary/aromatic N) is 3. The third-order valence-electron chi connectivity index (χ3n) is 7.61. The third kappa shape index (κ3) is 4.74. The van der Waals surface area contributed by atoms with Crippen molar-refractivity contribution in [1.82, 2.24) is 9.80 Å². The van der Waals surface area contributed by atoms with E-state index in [0.717, 1.165) is 63.7 Å². The molecule has 170 valence electrons. The van der Waals surface area contributed by atoms with Crippen LogP contribution in [0.15, 0.2) is 18.2 Å². The van der Waals surface area contributed by atoms with E-state index in [4.69, 9.17) is 5.11 Å². The van der Waals surface area contributed by atoms with Gasteiger partial charge in [0.25, 0.3) is 0 Å². The van der Waals surface area contributed by atoms with Crippen LogP contribution < -0.4 is 4.90 Å². The molecule has 2 aliphatic heterocycles. The summed E-state index contributed by atoms with van der Waals surface area (Å²) < 4.78 is 0. The molecule has 2 fully saturated rings. The molecule has 2 heterocycles. The quantitative estimate of drug-likeness (QED) is 0.766. The van der Waals surface area contributed by atoms with Crippen molar-refractivity contribution in [3.8, 4) is 0 Å². The number of urea groups is 1. The standard InChI is InChI=1S/C25H37N3O3/c1-25(2)17-27(22-10-7-19-12-14-26(3)15-13-20(19)16-22)24(31)28(25)21-8-4-18(5-9-21)6-11-23(29)30/h7,10,16,18,21H,4-6,8-9,11-15,17H2,1-3H3,(H,29,30). The first-order chi connectivity index (χ1) is 14.7. The van der Waals surface area contributed by atoms with E-state index in [-0.39, 0.29) is 24.0 Å². The first kappa shape index (κ1) is 22.1. The van der Waals surface area contributed by atoms with Crippen LogP contribution in [0.2, 0.25) is 0 Å². The summed E-state index contributed by atoms with van der Waals surface area (Å²) in [7, 11) is 2.17. The number of benzene rings is 1. The second-order valence-corrected chi connectivity index (χ2v) is 10.4. The van der Waals surface area contributed by atoms with Crippen LogP contribution >= 0.6 is 0 Å². The van der Waals surface area contributed by atoms with Crippen molar-refractivity contribution in [2.45, 2.75) is 76.8 Å². The number of rotatable bonds is 5. The molecule has 1 aliphatic carbocycles. The fourth-order valence-electron chi connectivity index (χ4n) is 5.78. The number of amides is 2. The molecule has 4 rings (SSSR count). The lowest BCUT2D eigenvalue weighted by Crippen LogP contribution is -2.50. The van der Waals surface area contributed by atoms with Crippen LogP contribution in [0, 0.1) is 5.92 Å². The molecule has 6 heteroatoms. The molecular formula is C25H37N3O3. The van der Waals surface area contributed by atoms with Crippen LogP contribution in [0.1, 0.15) is 63.5 Å². The van der Waals surface area contributed by atoms with E-state index in [1.807, 2.05) is 4.90 Å². The minimum atomic E-state index is -0.707. The zero-order valence-corrected chi connectivity index (χ0v) is 19.3. The van der Waals surface area contributed by atoms with Gasteiger partial charge in [0.15, 0.2) is 0 Å². The highest BCUT2D eigenvalue weighted by atomic mass is 16.4. The highest BCUT2D eigenvalue weighted by molar-refractivity contribution is 5.95. The van der Waals surface area contributed by atoms with E-state index in [1.165, 1.54) is 11.1 Å². The van der Waals surface area contributed by atoms with Crippen LogP contribution in [0.5, 0.6) is 0 Å². The number of carboxylic acids is 1. The Bertz CT molecular complexity index is 829. The predicted molar refractivity (Wildman–Crippen MR) is 123 cm³/mol. The first-order valence-electron chi connectivity index (χ1n) is 11.9. The van der Waals surface area contributed by atoms with Crippen molar-refractivity contribution in [3.05, 3.63) is 29.3 Å². The molecule has 0 bridgehead atoms. The number of anilines is 1. The molecule has 0 atom stereocenters. The largest absolute Gasteiger partial charge is 0.481 e. The number of aliphatic carboxylic acids is 1. The average molecular weight is 428 g/mol. The molecule has 2 amide bonds. The molecule has 0 radical (unpaired) electrons. The second kappa shape index (κ2) is 8.81. The van der Waals surface area contributed by atoms with Gasteiger partial charge < -0.3 is 14.9 Å². The molecule has 1 saturated heterocycles. The highest BCUT2D eigenvalue weighted by Gasteiger charge is 2.47. The zero-order chi connectivity index (χ0) is 22.2. The number of hydrogen-bond acceptors (Lipinski definition) is 3. The van der Waals surface area contributed by atoms with Gasteiger partial charge in [-0.1, -0.05) is 6.07 Å². The average Bonchev–Trinajstić information content (AvgIpc) is 2.86. The van der Waals surface area contributed by atoms with E-state index in [0.29, 0.717) is 12.5 Å². The molecule has 1 aromatic rings. The van der Waals surface area contributed by atoms with Gasteiger partial charge in [0.2, 0.25) is 0 Å². The maximum atomic E-state index is 13.6. The summed E-state index contributed by atoms with van der Waals surface area (Å²) in [6.45, 7) is 7.22. The molecule has 1 saturated carbocycles. The van der Waals surface area contributed by atoms with Crippen LogP contribution in [0.3, 0.4) is 0 Å². The first-order valence-corrected chi connectivity index (χ1v) is 11.9. The Morgan fingerprint density at radius 2 is 1.77 bits per heavy atom. The Balaban J connectivity index is 1.46. The smallest absolute Gasteiger partial charge is 0.325 e. The summed E-state index contributed by atoms with van der Waals surface area (Å²) in [6.07, 6.45) is 7.11. The van der Waals surface area contributed by atoms with Gasteiger partial charge in [-0.3, -0.25) is 9.69 Å². The van der Waals surface area contributed by atoms with Crippen molar-refractivity contribution >= 4 is 17.7 Å². The number of fused-ring (bicyclic) bond motifs is 1. The zero-order valence-electron chi connectivity index (χ0n) is 19.3. The SMILES string of the molecule is CN1CCc2ccc(N3CC(C)(C)N(C4CCC(CCC(=O)O)CC4)C3=O)cc2CC1. The Kier molecular flexibility index (Phi) is 6.29. The minimum absolute atomic E-state index is 0.129. The number of carbonyl (C=O) groups excluding carboxylic acids is 1. The normalized spacial score (nSPS) is 26.6. The van der Waals surface area contributed by atoms with Gasteiger partial charge in [0.1, 0.15) is 0 Å². The summed E-state index contributed by atoms with van der Waals surface area (Å²) >= 11 is 0. The summed E-state index contributed by atoms with van der Waals surface area (Å²) in [6, 6.07) is 6.98. The molecule has 6 nitrogen and oxygen atoms in total. The second-order valence-electron chi connectivity index (χ2n) is 10.4. The Morgan fingerprint density at radius 3 is 2.45 bits per heavy atom. The van der Waals surface area contributed by atoms with E-state index in [9.17, 15) is 9.59 Å². The summed E-state index contributed by atoms with van der Waals surface area (Å²) in [4.78, 5) is 30.9. The van der Waals surface area contributed by atoms with Gasteiger partial charge in [-0.25, -0.2) is 4.79 Å². The van der Waals surface area contributed by atoms with Gasteiger partial charge >= 0.3 is 12.0 Å². The summed E-state index contributed by atoms with van der Waals surface area (Å²) in [5.74, 6) is -0.229. The van der Waals surface area contributed by atoms with Crippen molar-refractivity contribution in [2.75, 3.05) is 31.6 Å². The third-order valence-corrected chi connectivity index (χ3v) is 7.61. The van der Waals surface area contributed by atoms with Gasteiger partial charge in [0, 0.05) is 31.2 Å². The van der Waals surface area contributed by atoms with E-state index < -0.39 is 5.97 Å². The molecule has 0 spiro atoms. The topological polar surface area (TPSA) is 64.1 Å². The van der Waals surface area contributed by atoms with Crippen molar-refractivity contribution in [1.29, 1.82) is 0 Å². The number of carboxylic acid groups (broad SMARTS) is 1. The predicted octanol–water partition coefficient (Wildman–Crippen LogP) is 4.16. The van der Waals surface area contributed by atoms with E-state index in [2.05, 4.69) is 48.9 Å². The molecule has 0 aromatic heterocycles. The Morgan fingerprint density at radius 1 is 1.10 bits per heavy atom. The van der Waals surface area contributed by atoms with Gasteiger partial charge in [0.05, 0.1) is 12.1 Å². The summed E-state index contributed by atoms with van der Waals surface area (Å²) in [5, 5.41) is 8.95. The van der Waals surface area contributed by atoms with Crippen molar-refractivity contribution in [3.63, 3.8) is 0 Å². The molecule has 1 N–H and O–H groups in total. The van der Waals surface area contributed by atoms with Crippen molar-refractivity contribution < 1.29 is 14.7 Å². The number of carbonyl (C=O) groups is 2. The monoisotopic (exact) mass is 427 g/mol. The lowest BCUT2D eigenvalue weighted by atomic mass is 9.82. The van der Waals surface area contributed by atoms with Gasteiger partial charge in [-0.05, 0) is 95.0 Å². The lowest BCUT2D eigenvalue weighted by molar-refractivity contribution is -0.137. The fourth-order valence-corrected chi connectivity index (χ4v) is 5.78. The highest BCUT2D eigenvalue weighted by Crippen LogP contribution is 2.39. The minimum Gasteiger partial charge on any atom is -0.481 e. The Hall–Kier alpha value is -2.08. The van der Waals surface area contributed by atoms with Crippen LogP contribution in [-0.4, -0.2) is 65.2 Å². The molecule has 1 aromatic carbocycles. The van der Waals surface area contributed by atoms with Gasteiger partial charge in [-0.2, -0.15) is 0 Å². The van der Waals surface area contributed by atoms with E-state index in [1.54, 1.807) is 0 Å². The number of hydrogen-bond donors (Lipinski definition) is 1. The molecule has 3 aliphatic rings. The molecule has 0 unspecified atom stereocenters. The number of likely N-dealkylation sites (N-methyl/N-ethyl adjacent to an activating group) is 1. The van der Waals surface area contributed by atoms with E-state index >= 15 is 0 Å². The fraction of sp³-hybridized carbons (Fsp3) is 0.680. The van der Waals surface area contributed by atoms with Gasteiger partial charge in [-0.15, -0.1) is 0 Å². The van der Waals surface area contributed by atoms with Crippen molar-refractivity contribution in [2.24, 2.45) is 5.92 Å². The maximum Gasteiger partial charge on any atom is 0.325 e.